The molecule has 8 rings (SSSR count). The van der Waals surface area contributed by atoms with Crippen LogP contribution in [0.5, 0.6) is 0 Å². The molecular weight excluding hydrogens is 576 g/mol. The van der Waals surface area contributed by atoms with Gasteiger partial charge in [0.1, 0.15) is 12.2 Å². The molecule has 0 spiro atoms. The number of hydrogen-bond donors (Lipinski definition) is 0. The number of aryl methyl sites for hydroxylation is 8. The first-order valence-electron chi connectivity index (χ1n) is 16.5. The Morgan fingerprint density at radius 2 is 0.574 bits per heavy atom. The summed E-state index contributed by atoms with van der Waals surface area (Å²) < 4.78 is 17.3. The highest BCUT2D eigenvalue weighted by molar-refractivity contribution is 5.89. The second-order valence-electron chi connectivity index (χ2n) is 13.2. The Bertz CT molecular complexity index is 2000. The van der Waals surface area contributed by atoms with Crippen molar-refractivity contribution in [1.82, 2.24) is 18.3 Å². The van der Waals surface area contributed by atoms with E-state index in [1.807, 2.05) is 0 Å². The van der Waals surface area contributed by atoms with Gasteiger partial charge in [-0.3, -0.25) is 0 Å². The molecule has 0 bridgehead atoms. The summed E-state index contributed by atoms with van der Waals surface area (Å²) in [4.78, 5) is 0. The monoisotopic (exact) mass is 618 g/mol. The van der Waals surface area contributed by atoms with Crippen LogP contribution >= 0.6 is 0 Å². The van der Waals surface area contributed by atoms with Crippen molar-refractivity contribution in [2.75, 3.05) is 0 Å². The minimum atomic E-state index is -0.357. The lowest BCUT2D eigenvalue weighted by atomic mass is 10.00. The molecule has 47 heavy (non-hydrogen) atoms. The molecule has 8 aromatic rings. The molecular formula is C42H42N4O. The Kier molecular flexibility index (Phi) is 6.75. The van der Waals surface area contributed by atoms with Crippen LogP contribution in [-0.4, -0.2) is 18.3 Å². The fourth-order valence-corrected chi connectivity index (χ4v) is 8.55. The first-order valence-corrected chi connectivity index (χ1v) is 16.5. The van der Waals surface area contributed by atoms with Crippen LogP contribution in [0.4, 0.5) is 0 Å². The largest absolute Gasteiger partial charge is 0.350 e. The lowest BCUT2D eigenvalue weighted by molar-refractivity contribution is 0.0153. The van der Waals surface area contributed by atoms with E-state index < -0.39 is 0 Å². The van der Waals surface area contributed by atoms with E-state index in [0.717, 1.165) is 0 Å². The van der Waals surface area contributed by atoms with Crippen LogP contribution in [-0.2, 0) is 32.9 Å². The maximum absolute atomic E-state index is 7.88. The van der Waals surface area contributed by atoms with Gasteiger partial charge in [-0.25, -0.2) is 0 Å². The van der Waals surface area contributed by atoms with E-state index >= 15 is 0 Å². The number of ether oxygens (including phenoxy) is 1. The van der Waals surface area contributed by atoms with E-state index in [9.17, 15) is 0 Å². The third-order valence-corrected chi connectivity index (χ3v) is 10.9. The molecule has 0 unspecified atom stereocenters. The fourth-order valence-electron chi connectivity index (χ4n) is 8.55. The maximum Gasteiger partial charge on any atom is 0.139 e. The van der Waals surface area contributed by atoms with E-state index in [-0.39, 0.29) is 12.2 Å². The molecule has 0 fully saturated rings. The highest BCUT2D eigenvalue weighted by atomic mass is 16.5. The molecule has 0 aliphatic heterocycles. The third kappa shape index (κ3) is 4.12. The lowest BCUT2D eigenvalue weighted by Gasteiger charge is -2.30. The number of nitrogens with zero attached hydrogens (tertiary/aromatic N) is 4. The molecule has 0 N–H and O–H groups in total. The van der Waals surface area contributed by atoms with Gasteiger partial charge in [-0.15, -0.1) is 0 Å². The molecule has 0 atom stereocenters. The summed E-state index contributed by atoms with van der Waals surface area (Å²) >= 11 is 0. The Labute approximate surface area is 276 Å². The van der Waals surface area contributed by atoms with Gasteiger partial charge >= 0.3 is 0 Å². The first-order chi connectivity index (χ1) is 22.7. The SMILES string of the molecule is Cc1c(C(OC(c2c(C)c3ccccc3n2C)c2c(C)c3ccccc3n2C)c2c(C)c3ccccc3n2C)n(C)c2ccccc12. The molecule has 0 aliphatic rings. The van der Waals surface area contributed by atoms with Crippen LogP contribution in [0.2, 0.25) is 0 Å². The Hall–Kier alpha value is -5.00. The van der Waals surface area contributed by atoms with Crippen molar-refractivity contribution < 1.29 is 4.74 Å². The van der Waals surface area contributed by atoms with Gasteiger partial charge < -0.3 is 23.0 Å². The highest BCUT2D eigenvalue weighted by Gasteiger charge is 2.36. The van der Waals surface area contributed by atoms with E-state index in [4.69, 9.17) is 4.74 Å². The summed E-state index contributed by atoms with van der Waals surface area (Å²) in [6, 6.07) is 34.9. The zero-order chi connectivity index (χ0) is 32.7. The predicted molar refractivity (Wildman–Crippen MR) is 195 cm³/mol. The summed E-state index contributed by atoms with van der Waals surface area (Å²) in [6.45, 7) is 9.02. The molecule has 5 nitrogen and oxygen atoms in total. The summed E-state index contributed by atoms with van der Waals surface area (Å²) in [5.74, 6) is 0. The van der Waals surface area contributed by atoms with Gasteiger partial charge in [-0.05, 0) is 74.2 Å². The number of para-hydroxylation sites is 4. The van der Waals surface area contributed by atoms with Gasteiger partial charge in [-0.1, -0.05) is 72.8 Å². The van der Waals surface area contributed by atoms with Crippen LogP contribution in [0.3, 0.4) is 0 Å². The van der Waals surface area contributed by atoms with Gasteiger partial charge in [0.05, 0.1) is 22.8 Å². The number of fused-ring (bicyclic) bond motifs is 4. The minimum absolute atomic E-state index is 0.357. The normalized spacial score (nSPS) is 12.3. The minimum Gasteiger partial charge on any atom is -0.350 e. The molecule has 4 aromatic heterocycles. The second-order valence-corrected chi connectivity index (χ2v) is 13.2. The van der Waals surface area contributed by atoms with E-state index in [1.54, 1.807) is 0 Å². The molecule has 0 radical (unpaired) electrons. The molecule has 4 heterocycles. The molecule has 4 aromatic carbocycles. The maximum atomic E-state index is 7.88. The van der Waals surface area contributed by atoms with Gasteiger partial charge in [0.2, 0.25) is 0 Å². The van der Waals surface area contributed by atoms with Crippen LogP contribution in [0.15, 0.2) is 97.1 Å². The first kappa shape index (κ1) is 29.4. The summed E-state index contributed by atoms with van der Waals surface area (Å²) in [5.41, 5.74) is 14.6. The van der Waals surface area contributed by atoms with Crippen LogP contribution in [0.1, 0.15) is 57.2 Å². The summed E-state index contributed by atoms with van der Waals surface area (Å²) in [7, 11) is 8.77. The summed E-state index contributed by atoms with van der Waals surface area (Å²) in [6.07, 6.45) is -0.714. The average molecular weight is 619 g/mol. The smallest absolute Gasteiger partial charge is 0.139 e. The fraction of sp³-hybridized carbons (Fsp3) is 0.238. The van der Waals surface area contributed by atoms with E-state index in [0.29, 0.717) is 0 Å². The van der Waals surface area contributed by atoms with Crippen LogP contribution < -0.4 is 0 Å². The standard InChI is InChI=1S/C42H42N4O/c1-25-29-17-9-13-21-33(29)43(5)37(25)41(38-26(2)30-18-10-14-22-34(30)44(38)6)47-42(39-27(3)31-19-11-15-23-35(31)45(39)7)40-28(4)32-20-12-16-24-36(32)46(40)8/h9-24,41-42H,1-8H3. The van der Waals surface area contributed by atoms with Gasteiger partial charge in [0, 0.05) is 71.8 Å². The molecule has 0 saturated carbocycles. The molecule has 236 valence electrons. The molecule has 0 aliphatic carbocycles. The Balaban J connectivity index is 1.47. The van der Waals surface area contributed by atoms with E-state index in [1.165, 1.54) is 88.6 Å². The number of aromatic nitrogens is 4. The number of rotatable bonds is 6. The highest BCUT2D eigenvalue weighted by Crippen LogP contribution is 2.46. The van der Waals surface area contributed by atoms with Gasteiger partial charge in [0.15, 0.2) is 0 Å². The van der Waals surface area contributed by atoms with Crippen molar-refractivity contribution in [1.29, 1.82) is 0 Å². The van der Waals surface area contributed by atoms with Crippen molar-refractivity contribution in [3.63, 3.8) is 0 Å². The molecule has 0 amide bonds. The Morgan fingerprint density at radius 3 is 0.787 bits per heavy atom. The van der Waals surface area contributed by atoms with Crippen molar-refractivity contribution >= 4 is 43.6 Å². The van der Waals surface area contributed by atoms with Crippen molar-refractivity contribution in [3.8, 4) is 0 Å². The second kappa shape index (κ2) is 10.8. The van der Waals surface area contributed by atoms with E-state index in [2.05, 4.69) is 171 Å². The zero-order valence-corrected chi connectivity index (χ0v) is 28.6. The number of hydrogen-bond acceptors (Lipinski definition) is 1. The van der Waals surface area contributed by atoms with Gasteiger partial charge in [0.25, 0.3) is 0 Å². The molecule has 5 heteroatoms. The lowest BCUT2D eigenvalue weighted by Crippen LogP contribution is -2.22. The predicted octanol–water partition coefficient (Wildman–Crippen LogP) is 9.78. The summed E-state index contributed by atoms with van der Waals surface area (Å²) in [5, 5.41) is 5.03. The topological polar surface area (TPSA) is 28.9 Å². The van der Waals surface area contributed by atoms with Crippen molar-refractivity contribution in [2.24, 2.45) is 28.2 Å². The average Bonchev–Trinajstić information content (AvgIpc) is 3.70. The van der Waals surface area contributed by atoms with Crippen molar-refractivity contribution in [2.45, 2.75) is 39.9 Å². The third-order valence-electron chi connectivity index (χ3n) is 10.9. The van der Waals surface area contributed by atoms with Crippen LogP contribution in [0.25, 0.3) is 43.6 Å². The Morgan fingerprint density at radius 1 is 0.362 bits per heavy atom. The van der Waals surface area contributed by atoms with Crippen LogP contribution in [0, 0.1) is 27.7 Å². The zero-order valence-electron chi connectivity index (χ0n) is 28.6. The number of benzene rings is 4. The van der Waals surface area contributed by atoms with Crippen molar-refractivity contribution in [3.05, 3.63) is 142 Å². The molecule has 0 saturated heterocycles. The van der Waals surface area contributed by atoms with Gasteiger partial charge in [-0.2, -0.15) is 0 Å². The quantitative estimate of drug-likeness (QED) is 0.182.